The van der Waals surface area contributed by atoms with Crippen LogP contribution in [0, 0.1) is 12.8 Å². The molecule has 1 N–H and O–H groups in total. The smallest absolute Gasteiger partial charge is 0.261 e. The molecular formula is C32H39N3O3. The lowest BCUT2D eigenvalue weighted by Gasteiger charge is -2.38. The highest BCUT2D eigenvalue weighted by molar-refractivity contribution is 5.81. The normalized spacial score (nSPS) is 15.6. The quantitative estimate of drug-likeness (QED) is 0.393. The Balaban J connectivity index is 1.54. The van der Waals surface area contributed by atoms with E-state index in [0.29, 0.717) is 44.0 Å². The summed E-state index contributed by atoms with van der Waals surface area (Å²) in [6, 6.07) is 20.1. The minimum Gasteiger partial charge on any atom is -0.481 e. The lowest BCUT2D eigenvalue weighted by atomic mass is 9.87. The van der Waals surface area contributed by atoms with Crippen molar-refractivity contribution in [3.8, 4) is 5.75 Å². The van der Waals surface area contributed by atoms with Gasteiger partial charge in [-0.05, 0) is 66.6 Å². The molecule has 0 fully saturated rings. The summed E-state index contributed by atoms with van der Waals surface area (Å²) in [4.78, 5) is 32.5. The Hall–Kier alpha value is -3.67. The summed E-state index contributed by atoms with van der Waals surface area (Å²) in [6.45, 7) is 9.36. The van der Waals surface area contributed by atoms with Gasteiger partial charge in [0.05, 0.1) is 6.04 Å². The van der Waals surface area contributed by atoms with Crippen molar-refractivity contribution in [2.75, 3.05) is 13.1 Å². The molecule has 0 spiro atoms. The Kier molecular flexibility index (Phi) is 9.16. The fourth-order valence-electron chi connectivity index (χ4n) is 4.97. The van der Waals surface area contributed by atoms with Gasteiger partial charge in [-0.15, -0.1) is 0 Å². The third kappa shape index (κ3) is 6.80. The molecule has 6 heteroatoms. The van der Waals surface area contributed by atoms with E-state index in [4.69, 9.17) is 4.74 Å². The number of pyridine rings is 1. The number of amides is 2. The largest absolute Gasteiger partial charge is 0.481 e. The number of fused-ring (bicyclic) bond motifs is 1. The molecule has 2 aromatic carbocycles. The topological polar surface area (TPSA) is 71.5 Å². The highest BCUT2D eigenvalue weighted by Crippen LogP contribution is 2.38. The van der Waals surface area contributed by atoms with Crippen LogP contribution in [-0.4, -0.2) is 40.9 Å². The van der Waals surface area contributed by atoms with Crippen LogP contribution in [0.3, 0.4) is 0 Å². The number of aryl methyl sites for hydroxylation is 1. The summed E-state index contributed by atoms with van der Waals surface area (Å²) in [6.07, 6.45) is 3.69. The number of ether oxygens (including phenoxy) is 1. The molecule has 0 bridgehead atoms. The molecule has 0 radical (unpaired) electrons. The lowest BCUT2D eigenvalue weighted by Crippen LogP contribution is -2.41. The summed E-state index contributed by atoms with van der Waals surface area (Å²) in [5, 5.41) is 2.99. The molecule has 1 aromatic heterocycles. The van der Waals surface area contributed by atoms with Gasteiger partial charge in [-0.25, -0.2) is 0 Å². The van der Waals surface area contributed by atoms with E-state index in [0.717, 1.165) is 23.2 Å². The highest BCUT2D eigenvalue weighted by atomic mass is 16.5. The van der Waals surface area contributed by atoms with Crippen LogP contribution in [-0.2, 0) is 22.4 Å². The Morgan fingerprint density at radius 1 is 1.11 bits per heavy atom. The number of carbonyl (C=O) groups is 2. The zero-order valence-electron chi connectivity index (χ0n) is 22.9. The van der Waals surface area contributed by atoms with Gasteiger partial charge in [0.1, 0.15) is 5.75 Å². The predicted molar refractivity (Wildman–Crippen MR) is 150 cm³/mol. The van der Waals surface area contributed by atoms with E-state index in [2.05, 4.69) is 61.4 Å². The van der Waals surface area contributed by atoms with Crippen LogP contribution in [0.15, 0.2) is 66.9 Å². The zero-order valence-corrected chi connectivity index (χ0v) is 22.9. The van der Waals surface area contributed by atoms with E-state index in [9.17, 15) is 9.59 Å². The van der Waals surface area contributed by atoms with Crippen LogP contribution >= 0.6 is 0 Å². The molecule has 3 aromatic rings. The first-order chi connectivity index (χ1) is 18.4. The molecular weight excluding hydrogens is 474 g/mol. The van der Waals surface area contributed by atoms with Crippen LogP contribution < -0.4 is 10.1 Å². The van der Waals surface area contributed by atoms with E-state index in [1.54, 1.807) is 6.20 Å². The molecule has 38 heavy (non-hydrogen) atoms. The van der Waals surface area contributed by atoms with E-state index < -0.39 is 6.10 Å². The maximum absolute atomic E-state index is 13.3. The minimum atomic E-state index is -0.600. The molecule has 2 atom stereocenters. The zero-order chi connectivity index (χ0) is 27.1. The van der Waals surface area contributed by atoms with Crippen molar-refractivity contribution in [1.29, 1.82) is 0 Å². The first-order valence-corrected chi connectivity index (χ1v) is 13.7. The first kappa shape index (κ1) is 27.4. The molecule has 4 rings (SSSR count). The number of nitrogens with one attached hydrogen (secondary N) is 1. The average molecular weight is 514 g/mol. The molecule has 2 amide bonds. The molecule has 0 saturated heterocycles. The van der Waals surface area contributed by atoms with Crippen LogP contribution in [0.2, 0.25) is 0 Å². The number of aromatic nitrogens is 1. The van der Waals surface area contributed by atoms with Crippen LogP contribution in [0.5, 0.6) is 5.75 Å². The Bertz CT molecular complexity index is 1220. The van der Waals surface area contributed by atoms with E-state index in [-0.39, 0.29) is 17.9 Å². The Morgan fingerprint density at radius 3 is 2.58 bits per heavy atom. The number of hydrogen-bond donors (Lipinski definition) is 1. The Morgan fingerprint density at radius 2 is 1.89 bits per heavy atom. The molecule has 2 heterocycles. The van der Waals surface area contributed by atoms with Gasteiger partial charge in [-0.3, -0.25) is 14.6 Å². The maximum atomic E-state index is 13.3. The number of nitrogens with zero attached hydrogens (tertiary/aromatic N) is 2. The van der Waals surface area contributed by atoms with Crippen molar-refractivity contribution in [3.05, 3.63) is 94.8 Å². The van der Waals surface area contributed by atoms with Crippen molar-refractivity contribution >= 4 is 11.8 Å². The van der Waals surface area contributed by atoms with Crippen LogP contribution in [0.1, 0.15) is 67.6 Å². The summed E-state index contributed by atoms with van der Waals surface area (Å²) < 4.78 is 6.23. The SMILES string of the molecule is CC[C@H](Oc1ccc2c(c1)[C@@H](c1ccc(C)cc1)N(C(=O)CC(C)C)CC2)C(=O)NCCc1ccccn1. The lowest BCUT2D eigenvalue weighted by molar-refractivity contribution is -0.134. The maximum Gasteiger partial charge on any atom is 0.261 e. The summed E-state index contributed by atoms with van der Waals surface area (Å²) in [5.74, 6) is 0.968. The molecule has 0 unspecified atom stereocenters. The first-order valence-electron chi connectivity index (χ1n) is 13.7. The monoisotopic (exact) mass is 513 g/mol. The Labute approximate surface area is 226 Å². The van der Waals surface area contributed by atoms with E-state index >= 15 is 0 Å². The van der Waals surface area contributed by atoms with E-state index in [1.165, 1.54) is 11.1 Å². The third-order valence-corrected chi connectivity index (χ3v) is 6.99. The fraction of sp³-hybridized carbons (Fsp3) is 0.406. The summed E-state index contributed by atoms with van der Waals surface area (Å²) in [5.41, 5.74) is 5.49. The van der Waals surface area contributed by atoms with Gasteiger partial charge < -0.3 is 15.0 Å². The third-order valence-electron chi connectivity index (χ3n) is 6.99. The summed E-state index contributed by atoms with van der Waals surface area (Å²) in [7, 11) is 0. The molecule has 200 valence electrons. The number of rotatable bonds is 10. The number of hydrogen-bond acceptors (Lipinski definition) is 4. The number of benzene rings is 2. The van der Waals surface area contributed by atoms with Crippen molar-refractivity contribution < 1.29 is 14.3 Å². The summed E-state index contributed by atoms with van der Waals surface area (Å²) >= 11 is 0. The highest BCUT2D eigenvalue weighted by Gasteiger charge is 2.33. The standard InChI is InChI=1S/C32H39N3O3/c1-5-29(32(37)34-18-15-26-8-6-7-17-33-26)38-27-14-13-24-16-19-35(30(36)20-22(2)3)31(28(24)21-27)25-11-9-23(4)10-12-25/h6-14,17,21-22,29,31H,5,15-16,18-20H2,1-4H3,(H,34,37)/t29-,31+/m0/s1. The minimum absolute atomic E-state index is 0.134. The van der Waals surface area contributed by atoms with Crippen molar-refractivity contribution in [1.82, 2.24) is 15.2 Å². The van der Waals surface area contributed by atoms with Gasteiger partial charge in [0.15, 0.2) is 6.10 Å². The molecule has 0 saturated carbocycles. The van der Waals surface area contributed by atoms with Crippen LogP contribution in [0.25, 0.3) is 0 Å². The van der Waals surface area contributed by atoms with Crippen molar-refractivity contribution in [2.24, 2.45) is 5.92 Å². The second kappa shape index (κ2) is 12.7. The van der Waals surface area contributed by atoms with Gasteiger partial charge in [0.25, 0.3) is 5.91 Å². The van der Waals surface area contributed by atoms with Gasteiger partial charge >= 0.3 is 0 Å². The second-order valence-corrected chi connectivity index (χ2v) is 10.5. The van der Waals surface area contributed by atoms with Gasteiger partial charge in [0.2, 0.25) is 5.91 Å². The predicted octanol–water partition coefficient (Wildman–Crippen LogP) is 5.43. The van der Waals surface area contributed by atoms with Crippen molar-refractivity contribution in [2.45, 2.75) is 65.5 Å². The number of carbonyl (C=O) groups excluding carboxylic acids is 2. The van der Waals surface area contributed by atoms with Crippen molar-refractivity contribution in [3.63, 3.8) is 0 Å². The molecule has 1 aliphatic heterocycles. The second-order valence-electron chi connectivity index (χ2n) is 10.5. The van der Waals surface area contributed by atoms with E-state index in [1.807, 2.05) is 42.2 Å². The molecule has 1 aliphatic rings. The van der Waals surface area contributed by atoms with Gasteiger partial charge in [0, 0.05) is 37.8 Å². The van der Waals surface area contributed by atoms with Crippen LogP contribution in [0.4, 0.5) is 0 Å². The van der Waals surface area contributed by atoms with Gasteiger partial charge in [-0.1, -0.05) is 62.7 Å². The molecule has 0 aliphatic carbocycles. The molecule has 6 nitrogen and oxygen atoms in total. The average Bonchev–Trinajstić information content (AvgIpc) is 2.91. The fourth-order valence-corrected chi connectivity index (χ4v) is 4.97. The van der Waals surface area contributed by atoms with Gasteiger partial charge in [-0.2, -0.15) is 0 Å².